The first-order chi connectivity index (χ1) is 13.1. The van der Waals surface area contributed by atoms with Crippen LogP contribution in [0.4, 0.5) is 18.9 Å². The summed E-state index contributed by atoms with van der Waals surface area (Å²) in [7, 11) is 0. The number of rotatable bonds is 4. The van der Waals surface area contributed by atoms with Gasteiger partial charge in [-0.2, -0.15) is 18.2 Å². The van der Waals surface area contributed by atoms with Crippen LogP contribution in [0.15, 0.2) is 33.6 Å². The largest absolute Gasteiger partial charge is 0.418 e. The third-order valence-corrected chi connectivity index (χ3v) is 4.38. The highest BCUT2D eigenvalue weighted by Crippen LogP contribution is 2.35. The van der Waals surface area contributed by atoms with Gasteiger partial charge < -0.3 is 9.84 Å². The van der Waals surface area contributed by atoms with Gasteiger partial charge in [-0.1, -0.05) is 24.2 Å². The summed E-state index contributed by atoms with van der Waals surface area (Å²) in [6.07, 6.45) is -4.46. The predicted molar refractivity (Wildman–Crippen MR) is 94.9 cm³/mol. The third kappa shape index (κ3) is 3.37. The van der Waals surface area contributed by atoms with Crippen LogP contribution in [0.5, 0.6) is 0 Å². The van der Waals surface area contributed by atoms with E-state index < -0.39 is 29.2 Å². The zero-order chi connectivity index (χ0) is 20.6. The Bertz CT molecular complexity index is 1100. The van der Waals surface area contributed by atoms with E-state index in [1.54, 1.807) is 13.8 Å². The number of carbonyl (C=O) groups is 1. The Kier molecular flexibility index (Phi) is 4.97. The Balaban J connectivity index is 2.04. The van der Waals surface area contributed by atoms with Crippen molar-refractivity contribution in [2.24, 2.45) is 0 Å². The number of para-hydroxylation sites is 1. The minimum Gasteiger partial charge on any atom is -0.335 e. The number of nitrogens with zero attached hydrogens (tertiary/aromatic N) is 3. The summed E-state index contributed by atoms with van der Waals surface area (Å²) in [6, 6.07) is 3.60. The first-order valence-corrected chi connectivity index (χ1v) is 8.47. The summed E-state index contributed by atoms with van der Waals surface area (Å²) in [4.78, 5) is 29.8. The fraction of sp³-hybridized carbons (Fsp3) is 0.333. The van der Waals surface area contributed by atoms with Gasteiger partial charge in [-0.15, -0.1) is 0 Å². The Hall–Kier alpha value is -3.17. The molecule has 148 valence electrons. The lowest BCUT2D eigenvalue weighted by atomic mass is 10.1. The molecule has 1 N–H and O–H groups in total. The van der Waals surface area contributed by atoms with Crippen LogP contribution in [0.3, 0.4) is 0 Å². The Morgan fingerprint density at radius 2 is 1.96 bits per heavy atom. The molecule has 0 radical (unpaired) electrons. The molecular formula is C18H17F3N4O3. The predicted octanol–water partition coefficient (Wildman–Crippen LogP) is 3.61. The Morgan fingerprint density at radius 1 is 1.29 bits per heavy atom. The number of benzene rings is 1. The molecule has 0 spiro atoms. The minimum absolute atomic E-state index is 0.0499. The van der Waals surface area contributed by atoms with Crippen molar-refractivity contribution in [3.63, 3.8) is 0 Å². The molecule has 3 rings (SSSR count). The van der Waals surface area contributed by atoms with Crippen LogP contribution in [-0.2, 0) is 11.0 Å². The molecule has 0 aliphatic carbocycles. The van der Waals surface area contributed by atoms with E-state index in [1.807, 2.05) is 0 Å². The van der Waals surface area contributed by atoms with E-state index in [2.05, 4.69) is 15.5 Å². The van der Waals surface area contributed by atoms with Gasteiger partial charge in [0.2, 0.25) is 5.91 Å². The number of anilines is 1. The lowest BCUT2D eigenvalue weighted by Gasteiger charge is -2.21. The molecule has 10 heteroatoms. The van der Waals surface area contributed by atoms with E-state index >= 15 is 0 Å². The van der Waals surface area contributed by atoms with Crippen LogP contribution in [0, 0.1) is 13.8 Å². The molecule has 0 aliphatic heterocycles. The highest BCUT2D eigenvalue weighted by atomic mass is 19.4. The summed E-state index contributed by atoms with van der Waals surface area (Å²) in [5.74, 6) is -0.556. The molecule has 0 saturated heterocycles. The number of alkyl halides is 3. The van der Waals surface area contributed by atoms with Crippen LogP contribution in [-0.4, -0.2) is 20.6 Å². The molecule has 7 nitrogen and oxygen atoms in total. The molecule has 28 heavy (non-hydrogen) atoms. The van der Waals surface area contributed by atoms with Gasteiger partial charge in [-0.05, 0) is 32.4 Å². The van der Waals surface area contributed by atoms with Gasteiger partial charge in [-0.25, -0.2) is 0 Å². The summed E-state index contributed by atoms with van der Waals surface area (Å²) >= 11 is 0. The van der Waals surface area contributed by atoms with Gasteiger partial charge in [0.15, 0.2) is 0 Å². The standard InChI is InChI=1S/C18H17F3N4O3/c1-4-13(15(26)23-12-8-6-5-7-11(12)18(19,20)21)25-10(3)22-16-14(17(25)27)9(2)24-28-16/h5-8,13H,4H2,1-3H3,(H,23,26). The van der Waals surface area contributed by atoms with Crippen molar-refractivity contribution in [2.45, 2.75) is 39.4 Å². The van der Waals surface area contributed by atoms with E-state index in [0.29, 0.717) is 5.69 Å². The van der Waals surface area contributed by atoms with Gasteiger partial charge >= 0.3 is 6.18 Å². The molecule has 0 bridgehead atoms. The second-order valence-corrected chi connectivity index (χ2v) is 6.24. The highest BCUT2D eigenvalue weighted by molar-refractivity contribution is 5.94. The van der Waals surface area contributed by atoms with Crippen molar-refractivity contribution in [1.29, 1.82) is 0 Å². The number of amides is 1. The summed E-state index contributed by atoms with van der Waals surface area (Å²) in [5, 5.41) is 6.12. The van der Waals surface area contributed by atoms with Gasteiger partial charge in [0.1, 0.15) is 17.3 Å². The first kappa shape index (κ1) is 19.6. The van der Waals surface area contributed by atoms with E-state index in [-0.39, 0.29) is 29.0 Å². The van der Waals surface area contributed by atoms with Crippen molar-refractivity contribution in [1.82, 2.24) is 14.7 Å². The van der Waals surface area contributed by atoms with E-state index in [1.165, 1.54) is 19.1 Å². The normalized spacial score (nSPS) is 12.9. The van der Waals surface area contributed by atoms with Crippen molar-refractivity contribution < 1.29 is 22.5 Å². The second kappa shape index (κ2) is 7.10. The van der Waals surface area contributed by atoms with Crippen molar-refractivity contribution in [3.8, 4) is 0 Å². The number of carbonyl (C=O) groups excluding carboxylic acids is 1. The van der Waals surface area contributed by atoms with E-state index in [9.17, 15) is 22.8 Å². The number of halogens is 3. The van der Waals surface area contributed by atoms with Crippen molar-refractivity contribution >= 4 is 22.7 Å². The van der Waals surface area contributed by atoms with Gasteiger partial charge in [0.25, 0.3) is 11.3 Å². The highest BCUT2D eigenvalue weighted by Gasteiger charge is 2.34. The number of hydrogen-bond acceptors (Lipinski definition) is 5. The fourth-order valence-corrected chi connectivity index (χ4v) is 3.06. The average molecular weight is 394 g/mol. The molecule has 1 amide bonds. The molecule has 1 unspecified atom stereocenters. The number of fused-ring (bicyclic) bond motifs is 1. The fourth-order valence-electron chi connectivity index (χ4n) is 3.06. The smallest absolute Gasteiger partial charge is 0.335 e. The maximum absolute atomic E-state index is 13.2. The quantitative estimate of drug-likeness (QED) is 0.730. The van der Waals surface area contributed by atoms with Crippen LogP contribution in [0.1, 0.15) is 36.5 Å². The van der Waals surface area contributed by atoms with Crippen LogP contribution >= 0.6 is 0 Å². The third-order valence-electron chi connectivity index (χ3n) is 4.38. The zero-order valence-electron chi connectivity index (χ0n) is 15.3. The number of aromatic nitrogens is 3. The van der Waals surface area contributed by atoms with Gasteiger partial charge in [0, 0.05) is 0 Å². The molecule has 2 aromatic heterocycles. The SMILES string of the molecule is CCC(C(=O)Nc1ccccc1C(F)(F)F)n1c(C)nc2onc(C)c2c1=O. The molecule has 2 heterocycles. The summed E-state index contributed by atoms with van der Waals surface area (Å²) < 4.78 is 45.7. The van der Waals surface area contributed by atoms with Crippen molar-refractivity contribution in [2.75, 3.05) is 5.32 Å². The van der Waals surface area contributed by atoms with Gasteiger partial charge in [-0.3, -0.25) is 14.2 Å². The molecule has 1 aromatic carbocycles. The lowest BCUT2D eigenvalue weighted by molar-refractivity contribution is -0.137. The topological polar surface area (TPSA) is 90.0 Å². The van der Waals surface area contributed by atoms with Crippen molar-refractivity contribution in [3.05, 3.63) is 51.7 Å². The Labute approximate surface area is 157 Å². The Morgan fingerprint density at radius 3 is 2.61 bits per heavy atom. The molecule has 0 fully saturated rings. The summed E-state index contributed by atoms with van der Waals surface area (Å²) in [5.41, 5.74) is -1.51. The average Bonchev–Trinajstić information content (AvgIpc) is 2.98. The number of hydrogen-bond donors (Lipinski definition) is 1. The monoisotopic (exact) mass is 394 g/mol. The molecule has 0 aliphatic rings. The lowest BCUT2D eigenvalue weighted by Crippen LogP contribution is -2.35. The van der Waals surface area contributed by atoms with Crippen LogP contribution < -0.4 is 10.9 Å². The number of nitrogens with one attached hydrogen (secondary N) is 1. The first-order valence-electron chi connectivity index (χ1n) is 8.47. The maximum atomic E-state index is 13.2. The van der Waals surface area contributed by atoms with Gasteiger partial charge in [0.05, 0.1) is 16.9 Å². The van der Waals surface area contributed by atoms with E-state index in [4.69, 9.17) is 4.52 Å². The molecule has 1 atom stereocenters. The molecular weight excluding hydrogens is 377 g/mol. The second-order valence-electron chi connectivity index (χ2n) is 6.24. The summed E-state index contributed by atoms with van der Waals surface area (Å²) in [6.45, 7) is 4.73. The van der Waals surface area contributed by atoms with Crippen LogP contribution in [0.25, 0.3) is 11.1 Å². The zero-order valence-corrected chi connectivity index (χ0v) is 15.3. The van der Waals surface area contributed by atoms with Crippen LogP contribution in [0.2, 0.25) is 0 Å². The van der Waals surface area contributed by atoms with E-state index in [0.717, 1.165) is 16.7 Å². The molecule has 0 saturated carbocycles. The number of aryl methyl sites for hydroxylation is 2. The maximum Gasteiger partial charge on any atom is 0.418 e. The minimum atomic E-state index is -4.63. The molecule has 3 aromatic rings.